The van der Waals surface area contributed by atoms with Crippen LogP contribution < -0.4 is 10.6 Å². The maximum absolute atomic E-state index is 11.7. The summed E-state index contributed by atoms with van der Waals surface area (Å²) in [5, 5.41) is 6.23. The van der Waals surface area contributed by atoms with Crippen molar-refractivity contribution in [2.75, 3.05) is 26.8 Å². The largest absolute Gasteiger partial charge is 0.460 e. The first kappa shape index (κ1) is 13.4. The van der Waals surface area contributed by atoms with E-state index in [0.717, 1.165) is 32.4 Å². The molecule has 0 aromatic rings. The highest BCUT2D eigenvalue weighted by Crippen LogP contribution is 2.08. The van der Waals surface area contributed by atoms with Gasteiger partial charge in [0.25, 0.3) is 0 Å². The highest BCUT2D eigenvalue weighted by atomic mass is 16.6. The average molecular weight is 230 g/mol. The molecule has 0 saturated carbocycles. The number of piperidine rings is 1. The number of carbonyl (C=O) groups is 1. The monoisotopic (exact) mass is 230 g/mol. The molecule has 0 aliphatic carbocycles. The van der Waals surface area contributed by atoms with E-state index in [1.165, 1.54) is 0 Å². The highest BCUT2D eigenvalue weighted by Gasteiger charge is 2.22. The van der Waals surface area contributed by atoms with Gasteiger partial charge < -0.3 is 14.8 Å². The van der Waals surface area contributed by atoms with Crippen LogP contribution in [0.5, 0.6) is 0 Å². The van der Waals surface area contributed by atoms with Crippen LogP contribution in [0.15, 0.2) is 0 Å². The fourth-order valence-corrected chi connectivity index (χ4v) is 1.75. The molecule has 2 atom stereocenters. The summed E-state index contributed by atoms with van der Waals surface area (Å²) in [6.45, 7) is 3.94. The van der Waals surface area contributed by atoms with E-state index < -0.39 is 0 Å². The zero-order valence-electron chi connectivity index (χ0n) is 10.1. The summed E-state index contributed by atoms with van der Waals surface area (Å²) in [6, 6.07) is -0.132. The lowest BCUT2D eigenvalue weighted by Gasteiger charge is -2.23. The number of likely N-dealkylation sites (N-methyl/N-ethyl adjacent to an activating group) is 1. The fraction of sp³-hybridized carbons (Fsp3) is 0.909. The molecule has 1 aliphatic heterocycles. The van der Waals surface area contributed by atoms with Crippen LogP contribution in [0.3, 0.4) is 0 Å². The van der Waals surface area contributed by atoms with Crippen molar-refractivity contribution < 1.29 is 14.3 Å². The Balaban J connectivity index is 2.22. The third kappa shape index (κ3) is 4.47. The number of hydrogen-bond donors (Lipinski definition) is 2. The maximum Gasteiger partial charge on any atom is 0.323 e. The number of carbonyl (C=O) groups excluding carboxylic acids is 1. The van der Waals surface area contributed by atoms with Gasteiger partial charge in [0.05, 0.1) is 0 Å². The van der Waals surface area contributed by atoms with Gasteiger partial charge in [-0.2, -0.15) is 0 Å². The van der Waals surface area contributed by atoms with Crippen LogP contribution in [0.1, 0.15) is 26.2 Å². The Bertz CT molecular complexity index is 205. The van der Waals surface area contributed by atoms with E-state index in [9.17, 15) is 4.79 Å². The molecular weight excluding hydrogens is 208 g/mol. The van der Waals surface area contributed by atoms with Gasteiger partial charge in [0.2, 0.25) is 0 Å². The molecule has 2 unspecified atom stereocenters. The molecule has 1 rings (SSSR count). The van der Waals surface area contributed by atoms with Crippen LogP contribution >= 0.6 is 0 Å². The van der Waals surface area contributed by atoms with Gasteiger partial charge in [0, 0.05) is 7.11 Å². The Kier molecular flexibility index (Phi) is 6.37. The smallest absolute Gasteiger partial charge is 0.323 e. The van der Waals surface area contributed by atoms with Crippen LogP contribution in [0.4, 0.5) is 0 Å². The first-order valence-corrected chi connectivity index (χ1v) is 5.94. The maximum atomic E-state index is 11.7. The number of hydrogen-bond acceptors (Lipinski definition) is 5. The van der Waals surface area contributed by atoms with E-state index in [4.69, 9.17) is 9.47 Å². The van der Waals surface area contributed by atoms with Gasteiger partial charge in [-0.25, -0.2) is 0 Å². The van der Waals surface area contributed by atoms with Crippen LogP contribution in [0.25, 0.3) is 0 Å². The Labute approximate surface area is 96.9 Å². The number of esters is 1. The van der Waals surface area contributed by atoms with Crippen LogP contribution in [0, 0.1) is 0 Å². The van der Waals surface area contributed by atoms with E-state index in [1.54, 1.807) is 7.11 Å². The summed E-state index contributed by atoms with van der Waals surface area (Å²) in [4.78, 5) is 11.7. The van der Waals surface area contributed by atoms with Crippen LogP contribution in [0.2, 0.25) is 0 Å². The quantitative estimate of drug-likeness (QED) is 0.506. The van der Waals surface area contributed by atoms with Gasteiger partial charge in [-0.1, -0.05) is 13.3 Å². The van der Waals surface area contributed by atoms with Crippen molar-refractivity contribution >= 4 is 5.97 Å². The molecule has 0 radical (unpaired) electrons. The molecular formula is C11H22N2O3. The van der Waals surface area contributed by atoms with Gasteiger partial charge in [0.15, 0.2) is 0 Å². The second-order valence-electron chi connectivity index (χ2n) is 3.91. The average Bonchev–Trinajstić information content (AvgIpc) is 2.35. The highest BCUT2D eigenvalue weighted by molar-refractivity contribution is 5.75. The fourth-order valence-electron chi connectivity index (χ4n) is 1.75. The summed E-state index contributed by atoms with van der Waals surface area (Å²) < 4.78 is 10.3. The van der Waals surface area contributed by atoms with Crippen molar-refractivity contribution in [2.24, 2.45) is 0 Å². The second kappa shape index (κ2) is 7.60. The second-order valence-corrected chi connectivity index (χ2v) is 3.91. The molecule has 16 heavy (non-hydrogen) atoms. The molecule has 5 nitrogen and oxygen atoms in total. The van der Waals surface area contributed by atoms with Crippen LogP contribution in [-0.2, 0) is 14.3 Å². The van der Waals surface area contributed by atoms with Crippen molar-refractivity contribution in [1.29, 1.82) is 0 Å². The summed E-state index contributed by atoms with van der Waals surface area (Å²) in [5.74, 6) is -0.167. The van der Waals surface area contributed by atoms with Gasteiger partial charge >= 0.3 is 5.97 Å². The van der Waals surface area contributed by atoms with Gasteiger partial charge in [-0.05, 0) is 25.9 Å². The number of rotatable bonds is 6. The van der Waals surface area contributed by atoms with E-state index in [0.29, 0.717) is 0 Å². The predicted octanol–water partition coefficient (Wildman–Crippen LogP) is 0.254. The van der Waals surface area contributed by atoms with Crippen molar-refractivity contribution in [3.05, 3.63) is 0 Å². The Morgan fingerprint density at radius 3 is 2.94 bits per heavy atom. The molecule has 1 saturated heterocycles. The van der Waals surface area contributed by atoms with Gasteiger partial charge in [0.1, 0.15) is 18.9 Å². The number of nitrogens with one attached hydrogen (secondary N) is 2. The van der Waals surface area contributed by atoms with E-state index >= 15 is 0 Å². The van der Waals surface area contributed by atoms with E-state index in [1.807, 2.05) is 6.92 Å². The minimum absolute atomic E-state index is 0.132. The van der Waals surface area contributed by atoms with Crippen molar-refractivity contribution in [2.45, 2.75) is 38.5 Å². The standard InChI is InChI=1S/C11H22N2O3/c1-3-12-10(15-2)8-16-11(14)9-6-4-5-7-13-9/h9-10,12-13H,3-8H2,1-2H3. The number of methoxy groups -OCH3 is 1. The lowest BCUT2D eigenvalue weighted by Crippen LogP contribution is -2.43. The molecule has 0 bridgehead atoms. The normalized spacial score (nSPS) is 22.8. The SMILES string of the molecule is CCNC(COC(=O)C1CCCCN1)OC. The summed E-state index contributed by atoms with van der Waals surface area (Å²) in [5.41, 5.74) is 0. The predicted molar refractivity (Wildman–Crippen MR) is 61.1 cm³/mol. The molecule has 0 aromatic carbocycles. The molecule has 94 valence electrons. The zero-order chi connectivity index (χ0) is 11.8. The third-order valence-electron chi connectivity index (χ3n) is 2.69. The first-order chi connectivity index (χ1) is 7.77. The molecule has 5 heteroatoms. The Hall–Kier alpha value is -0.650. The molecule has 0 amide bonds. The minimum atomic E-state index is -0.211. The molecule has 1 heterocycles. The topological polar surface area (TPSA) is 59.6 Å². The first-order valence-electron chi connectivity index (χ1n) is 5.94. The summed E-state index contributed by atoms with van der Waals surface area (Å²) in [6.07, 6.45) is 2.89. The van der Waals surface area contributed by atoms with Gasteiger partial charge in [-0.15, -0.1) is 0 Å². The molecule has 0 spiro atoms. The zero-order valence-corrected chi connectivity index (χ0v) is 10.1. The van der Waals surface area contributed by atoms with Crippen molar-refractivity contribution in [1.82, 2.24) is 10.6 Å². The van der Waals surface area contributed by atoms with Crippen LogP contribution in [-0.4, -0.2) is 45.0 Å². The van der Waals surface area contributed by atoms with Gasteiger partial charge in [-0.3, -0.25) is 10.1 Å². The van der Waals surface area contributed by atoms with Crippen molar-refractivity contribution in [3.63, 3.8) is 0 Å². The van der Waals surface area contributed by atoms with E-state index in [-0.39, 0.29) is 24.8 Å². The molecule has 1 aliphatic rings. The summed E-state index contributed by atoms with van der Waals surface area (Å²) >= 11 is 0. The molecule has 2 N–H and O–H groups in total. The minimum Gasteiger partial charge on any atom is -0.460 e. The third-order valence-corrected chi connectivity index (χ3v) is 2.69. The Morgan fingerprint density at radius 1 is 1.56 bits per heavy atom. The lowest BCUT2D eigenvalue weighted by molar-refractivity contribution is -0.151. The molecule has 1 fully saturated rings. The molecule has 0 aromatic heterocycles. The Morgan fingerprint density at radius 2 is 2.38 bits per heavy atom. The lowest BCUT2D eigenvalue weighted by atomic mass is 10.1. The number of ether oxygens (including phenoxy) is 2. The van der Waals surface area contributed by atoms with E-state index in [2.05, 4.69) is 10.6 Å². The van der Waals surface area contributed by atoms with Crippen molar-refractivity contribution in [3.8, 4) is 0 Å². The summed E-state index contributed by atoms with van der Waals surface area (Å²) in [7, 11) is 1.60.